The molecule has 1 aliphatic heterocycles. The highest BCUT2D eigenvalue weighted by molar-refractivity contribution is 5.15. The van der Waals surface area contributed by atoms with Crippen molar-refractivity contribution in [1.82, 2.24) is 24.8 Å². The highest BCUT2D eigenvalue weighted by Gasteiger charge is 2.35. The Morgan fingerprint density at radius 2 is 2.28 bits per heavy atom. The fraction of sp³-hybridized carbons (Fsp3) is 0.556. The molecule has 3 heterocycles. The van der Waals surface area contributed by atoms with Gasteiger partial charge in [-0.3, -0.25) is 4.90 Å². The van der Waals surface area contributed by atoms with Gasteiger partial charge in [0.1, 0.15) is 5.82 Å². The molecule has 0 bridgehead atoms. The van der Waals surface area contributed by atoms with Crippen molar-refractivity contribution >= 4 is 0 Å². The molecule has 1 aliphatic rings. The average Bonchev–Trinajstić information content (AvgIpc) is 3.07. The van der Waals surface area contributed by atoms with E-state index in [0.717, 1.165) is 37.8 Å². The second-order valence-corrected chi connectivity index (χ2v) is 6.18. The standard InChI is InChI=1S/C18H27N5O2/c1-4-23-10-11-25-15(17(23)18-20-8-9-22(18)2)13-19-12-14-6-5-7-16(21-14)24-3/h5-9,15,17,19H,4,10-13H2,1-3H3/t15-,17+/m0/s1. The van der Waals surface area contributed by atoms with Gasteiger partial charge in [-0.25, -0.2) is 9.97 Å². The quantitative estimate of drug-likeness (QED) is 0.818. The van der Waals surface area contributed by atoms with Gasteiger partial charge in [0.25, 0.3) is 0 Å². The Labute approximate surface area is 149 Å². The van der Waals surface area contributed by atoms with Gasteiger partial charge in [-0.1, -0.05) is 13.0 Å². The SMILES string of the molecule is CCN1CCO[C@@H](CNCc2cccc(OC)n2)[C@@H]1c1nccn1C. The number of morpholine rings is 1. The summed E-state index contributed by atoms with van der Waals surface area (Å²) in [6.45, 7) is 6.27. The van der Waals surface area contributed by atoms with E-state index in [-0.39, 0.29) is 12.1 Å². The molecule has 0 saturated carbocycles. The molecule has 2 aromatic rings. The maximum absolute atomic E-state index is 6.08. The van der Waals surface area contributed by atoms with Gasteiger partial charge in [-0.15, -0.1) is 0 Å². The normalized spacial score (nSPS) is 21.4. The van der Waals surface area contributed by atoms with Crippen LogP contribution in [0.3, 0.4) is 0 Å². The van der Waals surface area contributed by atoms with Gasteiger partial charge in [0.2, 0.25) is 5.88 Å². The summed E-state index contributed by atoms with van der Waals surface area (Å²) in [5, 5.41) is 3.47. The fourth-order valence-corrected chi connectivity index (χ4v) is 3.32. The monoisotopic (exact) mass is 345 g/mol. The molecule has 1 fully saturated rings. The molecule has 136 valence electrons. The molecule has 0 aliphatic carbocycles. The lowest BCUT2D eigenvalue weighted by atomic mass is 10.1. The molecule has 0 radical (unpaired) electrons. The first-order chi connectivity index (χ1) is 12.2. The van der Waals surface area contributed by atoms with Gasteiger partial charge in [0, 0.05) is 45.1 Å². The number of pyridine rings is 1. The number of aromatic nitrogens is 3. The number of aryl methyl sites for hydroxylation is 1. The van der Waals surface area contributed by atoms with E-state index in [0.29, 0.717) is 12.4 Å². The molecular weight excluding hydrogens is 318 g/mol. The molecule has 0 unspecified atom stereocenters. The van der Waals surface area contributed by atoms with Crippen molar-refractivity contribution in [2.45, 2.75) is 25.6 Å². The van der Waals surface area contributed by atoms with Gasteiger partial charge >= 0.3 is 0 Å². The van der Waals surface area contributed by atoms with E-state index < -0.39 is 0 Å². The highest BCUT2D eigenvalue weighted by atomic mass is 16.5. The summed E-state index contributed by atoms with van der Waals surface area (Å²) in [6.07, 6.45) is 3.89. The van der Waals surface area contributed by atoms with Crippen LogP contribution in [0.1, 0.15) is 24.5 Å². The van der Waals surface area contributed by atoms with E-state index in [2.05, 4.69) is 31.7 Å². The van der Waals surface area contributed by atoms with Gasteiger partial charge in [0.15, 0.2) is 0 Å². The zero-order valence-corrected chi connectivity index (χ0v) is 15.2. The Morgan fingerprint density at radius 3 is 3.00 bits per heavy atom. The minimum Gasteiger partial charge on any atom is -0.481 e. The molecule has 0 aromatic carbocycles. The molecule has 0 spiro atoms. The molecule has 7 nitrogen and oxygen atoms in total. The Bertz CT molecular complexity index is 675. The van der Waals surface area contributed by atoms with Crippen molar-refractivity contribution in [3.63, 3.8) is 0 Å². The maximum Gasteiger partial charge on any atom is 0.213 e. The lowest BCUT2D eigenvalue weighted by molar-refractivity contribution is -0.0730. The van der Waals surface area contributed by atoms with Crippen molar-refractivity contribution in [2.24, 2.45) is 7.05 Å². The van der Waals surface area contributed by atoms with E-state index in [9.17, 15) is 0 Å². The third-order valence-corrected chi connectivity index (χ3v) is 4.63. The van der Waals surface area contributed by atoms with Crippen LogP contribution in [0.5, 0.6) is 5.88 Å². The van der Waals surface area contributed by atoms with Crippen LogP contribution in [0.15, 0.2) is 30.6 Å². The minimum atomic E-state index is 0.0559. The Morgan fingerprint density at radius 1 is 1.40 bits per heavy atom. The number of methoxy groups -OCH3 is 1. The van der Waals surface area contributed by atoms with Crippen molar-refractivity contribution < 1.29 is 9.47 Å². The zero-order chi connectivity index (χ0) is 17.6. The number of nitrogens with one attached hydrogen (secondary N) is 1. The molecule has 0 amide bonds. The van der Waals surface area contributed by atoms with Gasteiger partial charge in [0.05, 0.1) is 31.6 Å². The fourth-order valence-electron chi connectivity index (χ4n) is 3.32. The summed E-state index contributed by atoms with van der Waals surface area (Å²) in [5.74, 6) is 1.68. The molecule has 25 heavy (non-hydrogen) atoms. The average molecular weight is 345 g/mol. The van der Waals surface area contributed by atoms with Crippen LogP contribution in [0, 0.1) is 0 Å². The van der Waals surface area contributed by atoms with Crippen LogP contribution in [0.4, 0.5) is 0 Å². The summed E-state index contributed by atoms with van der Waals surface area (Å²) in [6, 6.07) is 5.95. The van der Waals surface area contributed by atoms with Crippen molar-refractivity contribution in [2.75, 3.05) is 33.4 Å². The summed E-state index contributed by atoms with van der Waals surface area (Å²) in [4.78, 5) is 11.4. The van der Waals surface area contributed by atoms with Crippen LogP contribution in [0.25, 0.3) is 0 Å². The van der Waals surface area contributed by atoms with Crippen LogP contribution >= 0.6 is 0 Å². The Kier molecular flexibility index (Phi) is 6.01. The number of ether oxygens (including phenoxy) is 2. The highest BCUT2D eigenvalue weighted by Crippen LogP contribution is 2.27. The first-order valence-electron chi connectivity index (χ1n) is 8.76. The van der Waals surface area contributed by atoms with Crippen LogP contribution in [0.2, 0.25) is 0 Å². The second-order valence-electron chi connectivity index (χ2n) is 6.18. The summed E-state index contributed by atoms with van der Waals surface area (Å²) in [5.41, 5.74) is 0.955. The number of hydrogen-bond acceptors (Lipinski definition) is 6. The molecule has 1 N–H and O–H groups in total. The number of hydrogen-bond donors (Lipinski definition) is 1. The molecule has 3 rings (SSSR count). The van der Waals surface area contributed by atoms with Crippen molar-refractivity contribution in [1.29, 1.82) is 0 Å². The zero-order valence-electron chi connectivity index (χ0n) is 15.2. The molecule has 2 aromatic heterocycles. The Hall–Kier alpha value is -1.96. The summed E-state index contributed by atoms with van der Waals surface area (Å²) in [7, 11) is 3.67. The second kappa shape index (κ2) is 8.42. The summed E-state index contributed by atoms with van der Waals surface area (Å²) < 4.78 is 13.3. The third-order valence-electron chi connectivity index (χ3n) is 4.63. The van der Waals surface area contributed by atoms with Crippen molar-refractivity contribution in [3.8, 4) is 5.88 Å². The lowest BCUT2D eigenvalue weighted by Gasteiger charge is -2.40. The summed E-state index contributed by atoms with van der Waals surface area (Å²) >= 11 is 0. The minimum absolute atomic E-state index is 0.0559. The predicted molar refractivity (Wildman–Crippen MR) is 95.4 cm³/mol. The first kappa shape index (κ1) is 17.8. The van der Waals surface area contributed by atoms with Crippen LogP contribution < -0.4 is 10.1 Å². The topological polar surface area (TPSA) is 64.4 Å². The number of imidazole rings is 1. The van der Waals surface area contributed by atoms with Gasteiger partial charge in [-0.05, 0) is 12.6 Å². The molecule has 7 heteroatoms. The van der Waals surface area contributed by atoms with Gasteiger partial charge < -0.3 is 19.4 Å². The van der Waals surface area contributed by atoms with E-state index >= 15 is 0 Å². The van der Waals surface area contributed by atoms with E-state index in [4.69, 9.17) is 9.47 Å². The van der Waals surface area contributed by atoms with E-state index in [1.807, 2.05) is 37.6 Å². The van der Waals surface area contributed by atoms with Crippen LogP contribution in [-0.2, 0) is 18.3 Å². The predicted octanol–water partition coefficient (Wildman–Crippen LogP) is 1.38. The molecular formula is C18H27N5O2. The number of likely N-dealkylation sites (N-methyl/N-ethyl adjacent to an activating group) is 1. The lowest BCUT2D eigenvalue weighted by Crippen LogP contribution is -2.49. The first-order valence-corrected chi connectivity index (χ1v) is 8.76. The molecule has 1 saturated heterocycles. The maximum atomic E-state index is 6.08. The largest absolute Gasteiger partial charge is 0.481 e. The number of nitrogens with zero attached hydrogens (tertiary/aromatic N) is 4. The number of rotatable bonds is 7. The van der Waals surface area contributed by atoms with Crippen molar-refractivity contribution in [3.05, 3.63) is 42.1 Å². The Balaban J connectivity index is 1.65. The van der Waals surface area contributed by atoms with Crippen LogP contribution in [-0.4, -0.2) is 58.9 Å². The van der Waals surface area contributed by atoms with E-state index in [1.54, 1.807) is 7.11 Å². The smallest absolute Gasteiger partial charge is 0.213 e. The third kappa shape index (κ3) is 4.18. The van der Waals surface area contributed by atoms with Gasteiger partial charge in [-0.2, -0.15) is 0 Å². The van der Waals surface area contributed by atoms with E-state index in [1.165, 1.54) is 0 Å². The molecule has 2 atom stereocenters.